The van der Waals surface area contributed by atoms with Gasteiger partial charge in [0.2, 0.25) is 0 Å². The normalized spacial score (nSPS) is 11.2. The van der Waals surface area contributed by atoms with Crippen LogP contribution in [0, 0.1) is 5.82 Å². The van der Waals surface area contributed by atoms with Crippen LogP contribution < -0.4 is 5.73 Å². The fraction of sp³-hybridized carbons (Fsp3) is 0.0714. The summed E-state index contributed by atoms with van der Waals surface area (Å²) in [5.41, 5.74) is 8.23. The first-order valence-corrected chi connectivity index (χ1v) is 6.60. The maximum Gasteiger partial charge on any atom is 0.144 e. The summed E-state index contributed by atoms with van der Waals surface area (Å²) in [6.45, 7) is 0. The largest absolute Gasteiger partial charge is 0.397 e. The molecule has 2 aromatic carbocycles. The highest BCUT2D eigenvalue weighted by Gasteiger charge is 2.17. The van der Waals surface area contributed by atoms with E-state index in [0.717, 1.165) is 5.52 Å². The van der Waals surface area contributed by atoms with Crippen molar-refractivity contribution >= 4 is 39.9 Å². The molecular formula is C14H10Cl2FN3. The highest BCUT2D eigenvalue weighted by atomic mass is 35.5. The zero-order chi connectivity index (χ0) is 14.4. The number of benzene rings is 2. The van der Waals surface area contributed by atoms with Crippen LogP contribution in [0.2, 0.25) is 10.0 Å². The van der Waals surface area contributed by atoms with Gasteiger partial charge in [0.25, 0.3) is 0 Å². The number of hydrogen-bond acceptors (Lipinski definition) is 2. The van der Waals surface area contributed by atoms with Gasteiger partial charge in [0.15, 0.2) is 0 Å². The van der Waals surface area contributed by atoms with Gasteiger partial charge in [0.05, 0.1) is 32.3 Å². The van der Waals surface area contributed by atoms with Crippen LogP contribution >= 0.6 is 23.2 Å². The molecule has 0 amide bonds. The number of anilines is 1. The van der Waals surface area contributed by atoms with E-state index in [1.165, 1.54) is 12.1 Å². The average molecular weight is 310 g/mol. The molecule has 0 bridgehead atoms. The molecule has 102 valence electrons. The van der Waals surface area contributed by atoms with Gasteiger partial charge in [-0.05, 0) is 24.3 Å². The lowest BCUT2D eigenvalue weighted by molar-refractivity contribution is 0.629. The Labute approximate surface area is 124 Å². The van der Waals surface area contributed by atoms with Gasteiger partial charge in [-0.1, -0.05) is 23.2 Å². The van der Waals surface area contributed by atoms with E-state index in [0.29, 0.717) is 32.6 Å². The van der Waals surface area contributed by atoms with Crippen LogP contribution in [0.5, 0.6) is 0 Å². The summed E-state index contributed by atoms with van der Waals surface area (Å²) in [6.07, 6.45) is 0. The Morgan fingerprint density at radius 1 is 1.15 bits per heavy atom. The lowest BCUT2D eigenvalue weighted by Crippen LogP contribution is -1.98. The number of aryl methyl sites for hydroxylation is 1. The average Bonchev–Trinajstić information content (AvgIpc) is 2.71. The third-order valence-electron chi connectivity index (χ3n) is 3.21. The molecule has 1 aromatic heterocycles. The molecule has 0 saturated heterocycles. The van der Waals surface area contributed by atoms with Crippen molar-refractivity contribution in [1.82, 2.24) is 9.55 Å². The maximum absolute atomic E-state index is 13.3. The van der Waals surface area contributed by atoms with Crippen molar-refractivity contribution in [3.8, 4) is 11.4 Å². The van der Waals surface area contributed by atoms with Gasteiger partial charge < -0.3 is 10.3 Å². The van der Waals surface area contributed by atoms with Crippen LogP contribution in [0.3, 0.4) is 0 Å². The highest BCUT2D eigenvalue weighted by Crippen LogP contribution is 2.38. The maximum atomic E-state index is 13.3. The molecule has 3 rings (SSSR count). The number of hydrogen-bond donors (Lipinski definition) is 1. The molecule has 2 N–H and O–H groups in total. The number of nitrogens with zero attached hydrogens (tertiary/aromatic N) is 2. The molecule has 0 atom stereocenters. The van der Waals surface area contributed by atoms with Crippen LogP contribution in [0.15, 0.2) is 30.3 Å². The molecule has 1 heterocycles. The lowest BCUT2D eigenvalue weighted by atomic mass is 10.1. The lowest BCUT2D eigenvalue weighted by Gasteiger charge is -2.09. The number of imidazole rings is 1. The van der Waals surface area contributed by atoms with Crippen molar-refractivity contribution in [1.29, 1.82) is 0 Å². The van der Waals surface area contributed by atoms with Gasteiger partial charge in [-0.25, -0.2) is 9.37 Å². The molecule has 0 fully saturated rings. The molecule has 0 aliphatic carbocycles. The third kappa shape index (κ3) is 1.92. The molecule has 3 nitrogen and oxygen atoms in total. The Bertz CT molecular complexity index is 827. The molecule has 3 aromatic rings. The predicted octanol–water partition coefficient (Wildman–Crippen LogP) is 4.27. The Hall–Kier alpha value is -1.78. The van der Waals surface area contributed by atoms with Gasteiger partial charge in [0, 0.05) is 13.1 Å². The summed E-state index contributed by atoms with van der Waals surface area (Å²) < 4.78 is 15.1. The first kappa shape index (κ1) is 13.2. The standard InChI is InChI=1S/C14H10Cl2FN3/c1-20-11-5-2-7(17)6-10(11)19-14(20)12-8(15)3-4-9(16)13(12)18/h2-6H,18H2,1H3. The third-order valence-corrected chi connectivity index (χ3v) is 3.85. The minimum Gasteiger partial charge on any atom is -0.397 e. The van der Waals surface area contributed by atoms with Crippen LogP contribution in [0.25, 0.3) is 22.4 Å². The van der Waals surface area contributed by atoms with Crippen molar-refractivity contribution in [3.05, 3.63) is 46.2 Å². The molecule has 0 radical (unpaired) electrons. The van der Waals surface area contributed by atoms with Gasteiger partial charge in [-0.2, -0.15) is 0 Å². The molecule has 20 heavy (non-hydrogen) atoms. The zero-order valence-electron chi connectivity index (χ0n) is 10.5. The first-order valence-electron chi connectivity index (χ1n) is 5.85. The van der Waals surface area contributed by atoms with Gasteiger partial charge in [-0.3, -0.25) is 0 Å². The van der Waals surface area contributed by atoms with Crippen LogP contribution in [-0.4, -0.2) is 9.55 Å². The van der Waals surface area contributed by atoms with Crippen molar-refractivity contribution in [2.75, 3.05) is 5.73 Å². The molecule has 0 saturated carbocycles. The Kier molecular flexibility index (Phi) is 3.07. The summed E-state index contributed by atoms with van der Waals surface area (Å²) in [6, 6.07) is 7.71. The Morgan fingerprint density at radius 3 is 2.60 bits per heavy atom. The summed E-state index contributed by atoms with van der Waals surface area (Å²) in [7, 11) is 1.82. The number of nitrogen functional groups attached to an aromatic ring is 1. The second kappa shape index (κ2) is 4.65. The number of nitrogens with two attached hydrogens (primary N) is 1. The molecule has 6 heteroatoms. The first-order chi connectivity index (χ1) is 9.49. The van der Waals surface area contributed by atoms with Crippen LogP contribution in [0.1, 0.15) is 0 Å². The van der Waals surface area contributed by atoms with E-state index < -0.39 is 0 Å². The Morgan fingerprint density at radius 2 is 1.85 bits per heavy atom. The van der Waals surface area contributed by atoms with Crippen molar-refractivity contribution in [3.63, 3.8) is 0 Å². The summed E-state index contributed by atoms with van der Waals surface area (Å²) in [4.78, 5) is 4.41. The quantitative estimate of drug-likeness (QED) is 0.682. The summed E-state index contributed by atoms with van der Waals surface area (Å²) in [5, 5.41) is 0.855. The topological polar surface area (TPSA) is 43.8 Å². The zero-order valence-corrected chi connectivity index (χ0v) is 12.0. The highest BCUT2D eigenvalue weighted by molar-refractivity contribution is 6.37. The predicted molar refractivity (Wildman–Crippen MR) is 80.5 cm³/mol. The molecule has 0 unspecified atom stereocenters. The minimum absolute atomic E-state index is 0.340. The number of halogens is 3. The van der Waals surface area contributed by atoms with E-state index in [2.05, 4.69) is 4.98 Å². The second-order valence-corrected chi connectivity index (χ2v) is 5.26. The van der Waals surface area contributed by atoms with E-state index >= 15 is 0 Å². The SMILES string of the molecule is Cn1c(-c2c(Cl)ccc(Cl)c2N)nc2cc(F)ccc21. The monoisotopic (exact) mass is 309 g/mol. The summed E-state index contributed by atoms with van der Waals surface area (Å²) >= 11 is 12.2. The van der Waals surface area contributed by atoms with Gasteiger partial charge in [-0.15, -0.1) is 0 Å². The molecule has 0 spiro atoms. The second-order valence-electron chi connectivity index (χ2n) is 4.45. The van der Waals surface area contributed by atoms with E-state index in [1.54, 1.807) is 18.2 Å². The van der Waals surface area contributed by atoms with E-state index in [-0.39, 0.29) is 5.82 Å². The van der Waals surface area contributed by atoms with Crippen LogP contribution in [-0.2, 0) is 7.05 Å². The fourth-order valence-corrected chi connectivity index (χ4v) is 2.60. The fourth-order valence-electron chi connectivity index (χ4n) is 2.19. The molecule has 0 aliphatic heterocycles. The summed E-state index contributed by atoms with van der Waals surface area (Å²) in [5.74, 6) is 0.211. The van der Waals surface area contributed by atoms with E-state index in [9.17, 15) is 4.39 Å². The molecule has 0 aliphatic rings. The van der Waals surface area contributed by atoms with E-state index in [4.69, 9.17) is 28.9 Å². The van der Waals surface area contributed by atoms with E-state index in [1.807, 2.05) is 11.6 Å². The number of fused-ring (bicyclic) bond motifs is 1. The van der Waals surface area contributed by atoms with Gasteiger partial charge in [0.1, 0.15) is 11.6 Å². The van der Waals surface area contributed by atoms with Crippen molar-refractivity contribution < 1.29 is 4.39 Å². The van der Waals surface area contributed by atoms with Gasteiger partial charge >= 0.3 is 0 Å². The van der Waals surface area contributed by atoms with Crippen molar-refractivity contribution in [2.45, 2.75) is 0 Å². The smallest absolute Gasteiger partial charge is 0.144 e. The Balaban J connectivity index is 2.36. The number of rotatable bonds is 1. The molecular weight excluding hydrogens is 300 g/mol. The van der Waals surface area contributed by atoms with Crippen LogP contribution in [0.4, 0.5) is 10.1 Å². The number of aromatic nitrogens is 2. The minimum atomic E-state index is -0.340. The van der Waals surface area contributed by atoms with Crippen molar-refractivity contribution in [2.24, 2.45) is 7.05 Å².